The smallest absolute Gasteiger partial charge is 0.372 e. The van der Waals surface area contributed by atoms with Crippen molar-refractivity contribution in [2.75, 3.05) is 23.9 Å². The minimum absolute atomic E-state index is 0.0484. The predicted molar refractivity (Wildman–Crippen MR) is 77.2 cm³/mol. The lowest BCUT2D eigenvalue weighted by atomic mass is 9.81. The summed E-state index contributed by atoms with van der Waals surface area (Å²) in [5.74, 6) is -0.370. The molecular weight excluding hydrogens is 408 g/mol. The fraction of sp³-hybridized carbons (Fsp3) is 0.538. The lowest BCUT2D eigenvalue weighted by Gasteiger charge is -2.30. The minimum Gasteiger partial charge on any atom is -0.372 e. The molecule has 0 aliphatic carbocycles. The van der Waals surface area contributed by atoms with E-state index >= 15 is 0 Å². The highest BCUT2D eigenvalue weighted by molar-refractivity contribution is 9.09. The van der Waals surface area contributed by atoms with Gasteiger partial charge in [0.05, 0.1) is 0 Å². The number of benzene rings is 1. The summed E-state index contributed by atoms with van der Waals surface area (Å²) in [5, 5.41) is 0.980. The number of ether oxygens (including phenoxy) is 1. The maximum Gasteiger partial charge on any atom is 0.411 e. The predicted octanol–water partition coefficient (Wildman–Crippen LogP) is 4.82. The van der Waals surface area contributed by atoms with Gasteiger partial charge in [-0.05, 0) is 24.1 Å². The van der Waals surface area contributed by atoms with E-state index in [-0.39, 0.29) is 12.4 Å². The highest BCUT2D eigenvalue weighted by atomic mass is 79.9. The SMILES string of the molecule is Fc1cccc(C(CBr)(CBr)CCOCC(F)(F)F)c1. The Morgan fingerprint density at radius 2 is 1.75 bits per heavy atom. The summed E-state index contributed by atoms with van der Waals surface area (Å²) in [6.45, 7) is -1.32. The zero-order valence-corrected chi connectivity index (χ0v) is 13.7. The molecule has 1 aromatic rings. The molecule has 0 spiro atoms. The quantitative estimate of drug-likeness (QED) is 0.348. The van der Waals surface area contributed by atoms with Crippen molar-refractivity contribution in [2.24, 2.45) is 0 Å². The molecule has 0 saturated heterocycles. The Hall–Kier alpha value is -0.140. The molecule has 0 saturated carbocycles. The summed E-state index contributed by atoms with van der Waals surface area (Å²) in [6.07, 6.45) is -3.98. The van der Waals surface area contributed by atoms with Crippen molar-refractivity contribution >= 4 is 31.9 Å². The van der Waals surface area contributed by atoms with E-state index in [0.29, 0.717) is 17.1 Å². The van der Waals surface area contributed by atoms with Crippen LogP contribution in [0.25, 0.3) is 0 Å². The van der Waals surface area contributed by atoms with Crippen molar-refractivity contribution in [3.05, 3.63) is 35.6 Å². The lowest BCUT2D eigenvalue weighted by molar-refractivity contribution is -0.174. The average molecular weight is 422 g/mol. The van der Waals surface area contributed by atoms with Crippen LogP contribution in [0.2, 0.25) is 0 Å². The third kappa shape index (κ3) is 5.33. The van der Waals surface area contributed by atoms with Crippen LogP contribution in [0, 0.1) is 5.82 Å². The van der Waals surface area contributed by atoms with Gasteiger partial charge in [-0.3, -0.25) is 0 Å². The summed E-state index contributed by atoms with van der Waals surface area (Å²) in [4.78, 5) is 0. The molecule has 0 aliphatic heterocycles. The van der Waals surface area contributed by atoms with Crippen molar-refractivity contribution in [1.29, 1.82) is 0 Å². The van der Waals surface area contributed by atoms with Gasteiger partial charge in [-0.25, -0.2) is 4.39 Å². The summed E-state index contributed by atoms with van der Waals surface area (Å²) in [7, 11) is 0. The lowest BCUT2D eigenvalue weighted by Crippen LogP contribution is -2.32. The highest BCUT2D eigenvalue weighted by Crippen LogP contribution is 2.33. The van der Waals surface area contributed by atoms with Crippen LogP contribution in [0.15, 0.2) is 24.3 Å². The van der Waals surface area contributed by atoms with Gasteiger partial charge in [0.1, 0.15) is 12.4 Å². The van der Waals surface area contributed by atoms with Crippen molar-refractivity contribution < 1.29 is 22.3 Å². The Kier molecular flexibility index (Phi) is 6.94. The van der Waals surface area contributed by atoms with E-state index in [1.54, 1.807) is 12.1 Å². The van der Waals surface area contributed by atoms with E-state index in [1.165, 1.54) is 12.1 Å². The molecule has 114 valence electrons. The van der Waals surface area contributed by atoms with E-state index in [9.17, 15) is 17.6 Å². The standard InChI is InChI=1S/C13H14Br2F4O/c14-7-12(8-15,4-5-20-9-13(17,18)19)10-2-1-3-11(16)6-10/h1-3,6H,4-5,7-9H2. The van der Waals surface area contributed by atoms with Crippen molar-refractivity contribution in [1.82, 2.24) is 0 Å². The van der Waals surface area contributed by atoms with Gasteiger partial charge in [0.15, 0.2) is 0 Å². The second-order valence-electron chi connectivity index (χ2n) is 4.48. The van der Waals surface area contributed by atoms with Gasteiger partial charge in [0.25, 0.3) is 0 Å². The first-order valence-electron chi connectivity index (χ1n) is 5.85. The van der Waals surface area contributed by atoms with Gasteiger partial charge in [0.2, 0.25) is 0 Å². The monoisotopic (exact) mass is 420 g/mol. The van der Waals surface area contributed by atoms with Gasteiger partial charge < -0.3 is 4.74 Å². The van der Waals surface area contributed by atoms with Gasteiger partial charge in [-0.1, -0.05) is 44.0 Å². The molecule has 0 aromatic heterocycles. The number of halogens is 6. The van der Waals surface area contributed by atoms with Crippen LogP contribution in [0.5, 0.6) is 0 Å². The number of hydrogen-bond acceptors (Lipinski definition) is 1. The molecule has 0 bridgehead atoms. The van der Waals surface area contributed by atoms with Crippen molar-refractivity contribution in [3.8, 4) is 0 Å². The Morgan fingerprint density at radius 3 is 2.25 bits per heavy atom. The molecule has 0 radical (unpaired) electrons. The Labute approximate surface area is 131 Å². The van der Waals surface area contributed by atoms with Crippen LogP contribution in [-0.4, -0.2) is 30.1 Å². The molecule has 0 heterocycles. The molecule has 1 nitrogen and oxygen atoms in total. The van der Waals surface area contributed by atoms with E-state index < -0.39 is 18.2 Å². The van der Waals surface area contributed by atoms with Crippen LogP contribution in [0.4, 0.5) is 17.6 Å². The first-order chi connectivity index (χ1) is 9.33. The molecule has 7 heteroatoms. The molecular formula is C13H14Br2F4O. The van der Waals surface area contributed by atoms with Crippen molar-refractivity contribution in [3.63, 3.8) is 0 Å². The Morgan fingerprint density at radius 1 is 1.10 bits per heavy atom. The average Bonchev–Trinajstić information content (AvgIpc) is 2.38. The van der Waals surface area contributed by atoms with E-state index in [4.69, 9.17) is 0 Å². The fourth-order valence-corrected chi connectivity index (χ4v) is 3.88. The molecule has 0 fully saturated rings. The largest absolute Gasteiger partial charge is 0.411 e. The molecule has 20 heavy (non-hydrogen) atoms. The van der Waals surface area contributed by atoms with Crippen LogP contribution >= 0.6 is 31.9 Å². The summed E-state index contributed by atoms with van der Waals surface area (Å²) in [5.41, 5.74) is 0.218. The molecule has 0 aliphatic rings. The second kappa shape index (κ2) is 7.75. The zero-order chi connectivity index (χ0) is 15.2. The normalized spacial score (nSPS) is 12.7. The Bertz CT molecular complexity index is 419. The fourth-order valence-electron chi connectivity index (χ4n) is 1.74. The summed E-state index contributed by atoms with van der Waals surface area (Å²) in [6, 6.07) is 6.07. The van der Waals surface area contributed by atoms with E-state index in [1.807, 2.05) is 0 Å². The van der Waals surface area contributed by atoms with Gasteiger partial charge in [0, 0.05) is 22.7 Å². The van der Waals surface area contributed by atoms with Gasteiger partial charge in [-0.2, -0.15) is 13.2 Å². The van der Waals surface area contributed by atoms with Crippen LogP contribution < -0.4 is 0 Å². The van der Waals surface area contributed by atoms with Crippen LogP contribution in [0.3, 0.4) is 0 Å². The molecule has 1 aromatic carbocycles. The van der Waals surface area contributed by atoms with E-state index in [2.05, 4.69) is 36.6 Å². The number of rotatable bonds is 7. The van der Waals surface area contributed by atoms with Crippen LogP contribution in [0.1, 0.15) is 12.0 Å². The topological polar surface area (TPSA) is 9.23 Å². The summed E-state index contributed by atoms with van der Waals surface area (Å²) < 4.78 is 54.0. The maximum atomic E-state index is 13.3. The molecule has 0 unspecified atom stereocenters. The maximum absolute atomic E-state index is 13.3. The van der Waals surface area contributed by atoms with Crippen molar-refractivity contribution in [2.45, 2.75) is 18.0 Å². The Balaban J connectivity index is 2.72. The first-order valence-corrected chi connectivity index (χ1v) is 8.10. The van der Waals surface area contributed by atoms with Crippen LogP contribution in [-0.2, 0) is 10.2 Å². The molecule has 0 N–H and O–H groups in total. The second-order valence-corrected chi connectivity index (χ2v) is 5.60. The van der Waals surface area contributed by atoms with Gasteiger partial charge in [-0.15, -0.1) is 0 Å². The third-order valence-electron chi connectivity index (χ3n) is 2.94. The highest BCUT2D eigenvalue weighted by Gasteiger charge is 2.32. The molecule has 1 rings (SSSR count). The first kappa shape index (κ1) is 17.9. The number of alkyl halides is 5. The number of hydrogen-bond donors (Lipinski definition) is 0. The zero-order valence-electron chi connectivity index (χ0n) is 10.5. The summed E-state index contributed by atoms with van der Waals surface area (Å²) >= 11 is 6.71. The third-order valence-corrected chi connectivity index (χ3v) is 5.09. The van der Waals surface area contributed by atoms with Gasteiger partial charge >= 0.3 is 6.18 Å². The molecule has 0 atom stereocenters. The van der Waals surface area contributed by atoms with E-state index in [0.717, 1.165) is 5.56 Å². The molecule has 0 amide bonds. The minimum atomic E-state index is -4.33.